The molecule has 2 unspecified atom stereocenters. The first kappa shape index (κ1) is 35.7. The molecule has 0 aliphatic carbocycles. The van der Waals surface area contributed by atoms with Gasteiger partial charge in [-0.2, -0.15) is 0 Å². The number of nitrogens with one attached hydrogen (secondary N) is 1. The zero-order valence-corrected chi connectivity index (χ0v) is 24.8. The standard InChI is InChI=1S/C29H60NO5P/c1-3-4-5-6-7-8-9-10-11-12-13-14-15-16-17-18-19-20-21-24-29(33-28-31)27-35-36(32)34-26-23-22-25-30-2/h28-30,32H,3-27H2,1-2H3. The quantitative estimate of drug-likeness (QED) is 0.0528. The largest absolute Gasteiger partial charge is 0.462 e. The number of rotatable bonds is 31. The van der Waals surface area contributed by atoms with E-state index in [-0.39, 0.29) is 12.7 Å². The summed E-state index contributed by atoms with van der Waals surface area (Å²) in [5.41, 5.74) is 0. The first-order valence-electron chi connectivity index (χ1n) is 15.2. The molecule has 0 aromatic rings. The maximum absolute atomic E-state index is 10.8. The van der Waals surface area contributed by atoms with E-state index < -0.39 is 8.60 Å². The molecule has 0 aromatic heterocycles. The zero-order valence-electron chi connectivity index (χ0n) is 23.9. The van der Waals surface area contributed by atoms with E-state index in [1.54, 1.807) is 0 Å². The topological polar surface area (TPSA) is 77.0 Å². The lowest BCUT2D eigenvalue weighted by atomic mass is 10.0. The van der Waals surface area contributed by atoms with Crippen LogP contribution in [0.2, 0.25) is 0 Å². The Labute approximate surface area is 225 Å². The van der Waals surface area contributed by atoms with Gasteiger partial charge in [0.2, 0.25) is 0 Å². The molecule has 0 bridgehead atoms. The zero-order chi connectivity index (χ0) is 26.4. The molecule has 0 aromatic carbocycles. The number of ether oxygens (including phenoxy) is 1. The fourth-order valence-corrected chi connectivity index (χ4v) is 5.10. The molecular weight excluding hydrogens is 473 g/mol. The number of hydrogen-bond donors (Lipinski definition) is 2. The van der Waals surface area contributed by atoms with Crippen LogP contribution < -0.4 is 5.32 Å². The molecule has 216 valence electrons. The van der Waals surface area contributed by atoms with Crippen molar-refractivity contribution in [1.82, 2.24) is 5.32 Å². The predicted molar refractivity (Wildman–Crippen MR) is 153 cm³/mol. The smallest absolute Gasteiger partial charge is 0.329 e. The average Bonchev–Trinajstić information content (AvgIpc) is 2.88. The molecule has 0 heterocycles. The van der Waals surface area contributed by atoms with Crippen molar-refractivity contribution in [3.63, 3.8) is 0 Å². The van der Waals surface area contributed by atoms with Gasteiger partial charge in [0.1, 0.15) is 6.10 Å². The predicted octanol–water partition coefficient (Wildman–Crippen LogP) is 8.60. The summed E-state index contributed by atoms with van der Waals surface area (Å²) >= 11 is 0. The summed E-state index contributed by atoms with van der Waals surface area (Å²) in [5.74, 6) is 0. The van der Waals surface area contributed by atoms with Crippen LogP contribution in [0.5, 0.6) is 0 Å². The van der Waals surface area contributed by atoms with Crippen molar-refractivity contribution in [1.29, 1.82) is 0 Å². The van der Waals surface area contributed by atoms with Gasteiger partial charge in [-0.1, -0.05) is 122 Å². The molecule has 0 radical (unpaired) electrons. The molecule has 36 heavy (non-hydrogen) atoms. The lowest BCUT2D eigenvalue weighted by Gasteiger charge is -2.17. The van der Waals surface area contributed by atoms with E-state index in [2.05, 4.69) is 12.2 Å². The molecule has 0 rings (SSSR count). The maximum atomic E-state index is 10.8. The summed E-state index contributed by atoms with van der Waals surface area (Å²) in [4.78, 5) is 20.6. The Kier molecular flexibility index (Phi) is 30.7. The number of hydrogen-bond acceptors (Lipinski definition) is 6. The van der Waals surface area contributed by atoms with Gasteiger partial charge in [-0.25, -0.2) is 0 Å². The molecule has 2 N–H and O–H groups in total. The summed E-state index contributed by atoms with van der Waals surface area (Å²) < 4.78 is 15.8. The van der Waals surface area contributed by atoms with E-state index in [0.717, 1.165) is 38.6 Å². The highest BCUT2D eigenvalue weighted by atomic mass is 31.2. The first-order chi connectivity index (χ1) is 17.7. The van der Waals surface area contributed by atoms with E-state index in [4.69, 9.17) is 13.8 Å². The minimum absolute atomic E-state index is 0.191. The van der Waals surface area contributed by atoms with Crippen LogP contribution in [0, 0.1) is 0 Å². The van der Waals surface area contributed by atoms with E-state index in [9.17, 15) is 9.69 Å². The summed E-state index contributed by atoms with van der Waals surface area (Å²) in [6, 6.07) is 0. The summed E-state index contributed by atoms with van der Waals surface area (Å²) in [7, 11) is 0.0115. The SMILES string of the molecule is CCCCCCCCCCCCCCCCCCCCCC(COP(O)OCCCCNC)OC=O. The number of unbranched alkanes of at least 4 members (excludes halogenated alkanes) is 19. The second-order valence-corrected chi connectivity index (χ2v) is 11.2. The van der Waals surface area contributed by atoms with E-state index in [1.807, 2.05) is 7.05 Å². The normalized spacial score (nSPS) is 13.1. The van der Waals surface area contributed by atoms with E-state index in [1.165, 1.54) is 109 Å². The third-order valence-corrected chi connectivity index (χ3v) is 7.54. The highest BCUT2D eigenvalue weighted by molar-refractivity contribution is 7.40. The van der Waals surface area contributed by atoms with Crippen LogP contribution in [0.3, 0.4) is 0 Å². The fraction of sp³-hybridized carbons (Fsp3) is 0.966. The Morgan fingerprint density at radius 3 is 1.61 bits per heavy atom. The minimum Gasteiger partial charge on any atom is -0.462 e. The van der Waals surface area contributed by atoms with Crippen molar-refractivity contribution in [3.05, 3.63) is 0 Å². The van der Waals surface area contributed by atoms with Crippen molar-refractivity contribution < 1.29 is 23.5 Å². The van der Waals surface area contributed by atoms with E-state index >= 15 is 0 Å². The second-order valence-electron chi connectivity index (χ2n) is 10.2. The van der Waals surface area contributed by atoms with Gasteiger partial charge in [-0.3, -0.25) is 4.79 Å². The molecule has 6 nitrogen and oxygen atoms in total. The van der Waals surface area contributed by atoms with Crippen molar-refractivity contribution in [2.45, 2.75) is 154 Å². The monoisotopic (exact) mass is 533 g/mol. The minimum atomic E-state index is -1.90. The molecule has 0 aliphatic rings. The van der Waals surface area contributed by atoms with Gasteiger partial charge in [-0.05, 0) is 39.3 Å². The van der Waals surface area contributed by atoms with Gasteiger partial charge in [0, 0.05) is 0 Å². The van der Waals surface area contributed by atoms with Gasteiger partial charge in [0.15, 0.2) is 0 Å². The van der Waals surface area contributed by atoms with Crippen molar-refractivity contribution >= 4 is 15.1 Å². The molecule has 7 heteroatoms. The lowest BCUT2D eigenvalue weighted by molar-refractivity contribution is -0.135. The van der Waals surface area contributed by atoms with Crippen molar-refractivity contribution in [3.8, 4) is 0 Å². The molecule has 0 fully saturated rings. The Hall–Kier alpha value is -0.260. The van der Waals surface area contributed by atoms with Gasteiger partial charge in [-0.15, -0.1) is 0 Å². The van der Waals surface area contributed by atoms with Gasteiger partial charge in [0.25, 0.3) is 6.47 Å². The molecule has 0 aliphatic heterocycles. The Bertz CT molecular complexity index is 430. The van der Waals surface area contributed by atoms with Crippen LogP contribution >= 0.6 is 8.60 Å². The van der Waals surface area contributed by atoms with Crippen LogP contribution in [0.15, 0.2) is 0 Å². The highest BCUT2D eigenvalue weighted by Crippen LogP contribution is 2.33. The molecule has 0 amide bonds. The van der Waals surface area contributed by atoms with Gasteiger partial charge in [0.05, 0.1) is 13.2 Å². The number of carbonyl (C=O) groups is 1. The van der Waals surface area contributed by atoms with Crippen molar-refractivity contribution in [2.24, 2.45) is 0 Å². The Balaban J connectivity index is 3.41. The fourth-order valence-electron chi connectivity index (χ4n) is 4.45. The number of carbonyl (C=O) groups excluding carboxylic acids is 1. The molecule has 0 saturated carbocycles. The summed E-state index contributed by atoms with van der Waals surface area (Å²) in [5, 5.41) is 3.08. The van der Waals surface area contributed by atoms with Crippen LogP contribution in [-0.4, -0.2) is 44.3 Å². The average molecular weight is 534 g/mol. The summed E-state index contributed by atoms with van der Waals surface area (Å²) in [6.45, 7) is 4.36. The van der Waals surface area contributed by atoms with Gasteiger partial charge < -0.3 is 24.0 Å². The molecule has 0 spiro atoms. The molecular formula is C29H60NO5P. The molecule has 0 saturated heterocycles. The van der Waals surface area contributed by atoms with Crippen molar-refractivity contribution in [2.75, 3.05) is 26.8 Å². The second kappa shape index (κ2) is 31.0. The Morgan fingerprint density at radius 2 is 1.17 bits per heavy atom. The van der Waals surface area contributed by atoms with Crippen LogP contribution in [0.25, 0.3) is 0 Å². The maximum Gasteiger partial charge on any atom is 0.329 e. The highest BCUT2D eigenvalue weighted by Gasteiger charge is 2.14. The third-order valence-electron chi connectivity index (χ3n) is 6.77. The first-order valence-corrected chi connectivity index (χ1v) is 16.4. The van der Waals surface area contributed by atoms with Crippen LogP contribution in [0.1, 0.15) is 148 Å². The Morgan fingerprint density at radius 1 is 0.694 bits per heavy atom. The third kappa shape index (κ3) is 28.3. The molecule has 2 atom stereocenters. The summed E-state index contributed by atoms with van der Waals surface area (Å²) in [6.07, 6.45) is 28.1. The van der Waals surface area contributed by atoms with Crippen LogP contribution in [0.4, 0.5) is 0 Å². The lowest BCUT2D eigenvalue weighted by Crippen LogP contribution is -2.18. The van der Waals surface area contributed by atoms with Gasteiger partial charge >= 0.3 is 8.60 Å². The van der Waals surface area contributed by atoms with E-state index in [0.29, 0.717) is 13.1 Å². The van der Waals surface area contributed by atoms with Crippen LogP contribution in [-0.2, 0) is 18.6 Å².